The third kappa shape index (κ3) is 4.79. The Hall–Kier alpha value is -2.89. The minimum absolute atomic E-state index is 0.113. The van der Waals surface area contributed by atoms with Gasteiger partial charge in [-0.1, -0.05) is 26.0 Å². The second-order valence-corrected chi connectivity index (χ2v) is 6.03. The van der Waals surface area contributed by atoms with Crippen LogP contribution in [0.2, 0.25) is 0 Å². The maximum absolute atomic E-state index is 13.7. The molecule has 0 unspecified atom stereocenters. The van der Waals surface area contributed by atoms with Crippen molar-refractivity contribution >= 4 is 17.6 Å². The van der Waals surface area contributed by atoms with Gasteiger partial charge in [0.25, 0.3) is 5.91 Å². The van der Waals surface area contributed by atoms with Gasteiger partial charge in [0, 0.05) is 0 Å². The summed E-state index contributed by atoms with van der Waals surface area (Å²) in [6, 6.07) is 8.96. The summed E-state index contributed by atoms with van der Waals surface area (Å²) in [5.74, 6) is -1.66. The molecule has 0 atom stereocenters. The number of aromatic carboxylic acids is 1. The molecule has 0 saturated heterocycles. The van der Waals surface area contributed by atoms with Crippen molar-refractivity contribution < 1.29 is 23.8 Å². The van der Waals surface area contributed by atoms with Crippen LogP contribution in [0.25, 0.3) is 0 Å². The van der Waals surface area contributed by atoms with E-state index in [1.54, 1.807) is 0 Å². The number of anilines is 1. The van der Waals surface area contributed by atoms with Crippen LogP contribution in [0, 0.1) is 12.7 Å². The average molecular weight is 345 g/mol. The van der Waals surface area contributed by atoms with E-state index in [0.29, 0.717) is 5.75 Å². The van der Waals surface area contributed by atoms with Crippen molar-refractivity contribution in [3.63, 3.8) is 0 Å². The van der Waals surface area contributed by atoms with Gasteiger partial charge in [-0.05, 0) is 48.2 Å². The normalized spacial score (nSPS) is 10.6. The lowest BCUT2D eigenvalue weighted by Gasteiger charge is -2.15. The first-order valence-electron chi connectivity index (χ1n) is 7.84. The molecule has 25 heavy (non-hydrogen) atoms. The lowest BCUT2D eigenvalue weighted by Crippen LogP contribution is -2.21. The first kappa shape index (κ1) is 18.4. The van der Waals surface area contributed by atoms with Crippen molar-refractivity contribution in [2.45, 2.75) is 26.7 Å². The number of rotatable bonds is 6. The Bertz CT molecular complexity index is 802. The molecular formula is C19H20FNO4. The summed E-state index contributed by atoms with van der Waals surface area (Å²) in [4.78, 5) is 23.0. The summed E-state index contributed by atoms with van der Waals surface area (Å²) >= 11 is 0. The van der Waals surface area contributed by atoms with Crippen LogP contribution in [-0.4, -0.2) is 23.6 Å². The minimum atomic E-state index is -1.20. The Labute approximate surface area is 145 Å². The topological polar surface area (TPSA) is 75.6 Å². The van der Waals surface area contributed by atoms with Crippen LogP contribution in [0.15, 0.2) is 36.4 Å². The number of carboxylic acid groups (broad SMARTS) is 1. The van der Waals surface area contributed by atoms with Gasteiger partial charge in [0.15, 0.2) is 6.61 Å². The Morgan fingerprint density at radius 3 is 2.56 bits per heavy atom. The van der Waals surface area contributed by atoms with Crippen LogP contribution in [0.1, 0.15) is 41.3 Å². The predicted molar refractivity (Wildman–Crippen MR) is 92.8 cm³/mol. The number of halogens is 1. The SMILES string of the molecule is Cc1ccc(C(C)C)c(OCC(=O)Nc2cc(C(=O)O)ccc2F)c1. The molecule has 0 aromatic heterocycles. The van der Waals surface area contributed by atoms with Gasteiger partial charge in [0.2, 0.25) is 0 Å². The lowest BCUT2D eigenvalue weighted by atomic mass is 10.0. The van der Waals surface area contributed by atoms with E-state index in [9.17, 15) is 14.0 Å². The van der Waals surface area contributed by atoms with Gasteiger partial charge in [-0.15, -0.1) is 0 Å². The van der Waals surface area contributed by atoms with Crippen molar-refractivity contribution in [3.05, 3.63) is 58.9 Å². The monoisotopic (exact) mass is 345 g/mol. The molecule has 2 rings (SSSR count). The van der Waals surface area contributed by atoms with Gasteiger partial charge in [-0.3, -0.25) is 4.79 Å². The highest BCUT2D eigenvalue weighted by Crippen LogP contribution is 2.27. The molecule has 5 nitrogen and oxygen atoms in total. The molecule has 6 heteroatoms. The fourth-order valence-corrected chi connectivity index (χ4v) is 2.33. The lowest BCUT2D eigenvalue weighted by molar-refractivity contribution is -0.118. The van der Waals surface area contributed by atoms with Crippen LogP contribution in [-0.2, 0) is 4.79 Å². The third-order valence-corrected chi connectivity index (χ3v) is 3.64. The highest BCUT2D eigenvalue weighted by atomic mass is 19.1. The molecule has 0 bridgehead atoms. The van der Waals surface area contributed by atoms with Gasteiger partial charge in [-0.25, -0.2) is 9.18 Å². The molecule has 0 spiro atoms. The number of carboxylic acids is 1. The summed E-state index contributed by atoms with van der Waals surface area (Å²) < 4.78 is 19.3. The number of carbonyl (C=O) groups excluding carboxylic acids is 1. The minimum Gasteiger partial charge on any atom is -0.483 e. The highest BCUT2D eigenvalue weighted by Gasteiger charge is 2.13. The molecule has 2 aromatic carbocycles. The number of carbonyl (C=O) groups is 2. The summed E-state index contributed by atoms with van der Waals surface area (Å²) in [5.41, 5.74) is 1.66. The quantitative estimate of drug-likeness (QED) is 0.830. The summed E-state index contributed by atoms with van der Waals surface area (Å²) in [6.07, 6.45) is 0. The van der Waals surface area contributed by atoms with Gasteiger partial charge >= 0.3 is 5.97 Å². The van der Waals surface area contributed by atoms with Gasteiger partial charge in [0.05, 0.1) is 11.3 Å². The standard InChI is InChI=1S/C19H20FNO4/c1-11(2)14-6-4-12(3)8-17(14)25-10-18(22)21-16-9-13(19(23)24)5-7-15(16)20/h4-9,11H,10H2,1-3H3,(H,21,22)(H,23,24). The fourth-order valence-electron chi connectivity index (χ4n) is 2.33. The molecule has 0 saturated carbocycles. The first-order valence-corrected chi connectivity index (χ1v) is 7.84. The number of hydrogen-bond donors (Lipinski definition) is 2. The second-order valence-electron chi connectivity index (χ2n) is 6.03. The molecular weight excluding hydrogens is 325 g/mol. The molecule has 2 N–H and O–H groups in total. The molecule has 0 fully saturated rings. The second kappa shape index (κ2) is 7.79. The number of ether oxygens (including phenoxy) is 1. The molecule has 0 aliphatic carbocycles. The van der Waals surface area contributed by atoms with E-state index in [-0.39, 0.29) is 23.8 Å². The van der Waals surface area contributed by atoms with E-state index in [4.69, 9.17) is 9.84 Å². The Balaban J connectivity index is 2.08. The maximum atomic E-state index is 13.7. The van der Waals surface area contributed by atoms with Gasteiger partial charge < -0.3 is 15.2 Å². The third-order valence-electron chi connectivity index (χ3n) is 3.64. The van der Waals surface area contributed by atoms with Crippen molar-refractivity contribution in [3.8, 4) is 5.75 Å². The van der Waals surface area contributed by atoms with Crippen LogP contribution >= 0.6 is 0 Å². The molecule has 0 heterocycles. The van der Waals surface area contributed by atoms with Crippen LogP contribution < -0.4 is 10.1 Å². The van der Waals surface area contributed by atoms with E-state index in [2.05, 4.69) is 5.32 Å². The maximum Gasteiger partial charge on any atom is 0.335 e. The summed E-state index contributed by atoms with van der Waals surface area (Å²) in [6.45, 7) is 5.65. The van der Waals surface area contributed by atoms with E-state index in [0.717, 1.165) is 29.3 Å². The van der Waals surface area contributed by atoms with Crippen molar-refractivity contribution in [1.29, 1.82) is 0 Å². The van der Waals surface area contributed by atoms with Crippen LogP contribution in [0.3, 0.4) is 0 Å². The number of aryl methyl sites for hydroxylation is 1. The van der Waals surface area contributed by atoms with Gasteiger partial charge in [0.1, 0.15) is 11.6 Å². The average Bonchev–Trinajstić information content (AvgIpc) is 2.54. The summed E-state index contributed by atoms with van der Waals surface area (Å²) in [7, 11) is 0. The number of amides is 1. The van der Waals surface area contributed by atoms with Crippen molar-refractivity contribution in [1.82, 2.24) is 0 Å². The van der Waals surface area contributed by atoms with Crippen LogP contribution in [0.5, 0.6) is 5.75 Å². The Morgan fingerprint density at radius 2 is 1.92 bits per heavy atom. The largest absolute Gasteiger partial charge is 0.483 e. The fraction of sp³-hybridized carbons (Fsp3) is 0.263. The molecule has 1 amide bonds. The zero-order valence-corrected chi connectivity index (χ0v) is 14.3. The first-order chi connectivity index (χ1) is 11.8. The van der Waals surface area contributed by atoms with E-state index >= 15 is 0 Å². The number of nitrogens with one attached hydrogen (secondary N) is 1. The highest BCUT2D eigenvalue weighted by molar-refractivity contribution is 5.94. The van der Waals surface area contributed by atoms with Crippen molar-refractivity contribution in [2.75, 3.05) is 11.9 Å². The van der Waals surface area contributed by atoms with E-state index in [1.165, 1.54) is 0 Å². The molecule has 0 aliphatic rings. The molecule has 2 aromatic rings. The Morgan fingerprint density at radius 1 is 1.20 bits per heavy atom. The molecule has 132 valence electrons. The van der Waals surface area contributed by atoms with E-state index < -0.39 is 17.7 Å². The van der Waals surface area contributed by atoms with E-state index in [1.807, 2.05) is 39.0 Å². The number of hydrogen-bond acceptors (Lipinski definition) is 3. The Kier molecular flexibility index (Phi) is 5.75. The zero-order valence-electron chi connectivity index (χ0n) is 14.3. The number of benzene rings is 2. The smallest absolute Gasteiger partial charge is 0.335 e. The summed E-state index contributed by atoms with van der Waals surface area (Å²) in [5, 5.41) is 11.3. The predicted octanol–water partition coefficient (Wildman–Crippen LogP) is 3.97. The zero-order chi connectivity index (χ0) is 18.6. The van der Waals surface area contributed by atoms with Crippen molar-refractivity contribution in [2.24, 2.45) is 0 Å². The molecule has 0 aliphatic heterocycles. The van der Waals surface area contributed by atoms with Crippen LogP contribution in [0.4, 0.5) is 10.1 Å². The van der Waals surface area contributed by atoms with Gasteiger partial charge in [-0.2, -0.15) is 0 Å². The molecule has 0 radical (unpaired) electrons.